The van der Waals surface area contributed by atoms with Crippen LogP contribution < -0.4 is 5.32 Å². The van der Waals surface area contributed by atoms with Crippen molar-refractivity contribution in [3.63, 3.8) is 0 Å². The van der Waals surface area contributed by atoms with E-state index in [1.807, 2.05) is 6.92 Å². The van der Waals surface area contributed by atoms with E-state index in [1.54, 1.807) is 17.0 Å². The fourth-order valence-electron chi connectivity index (χ4n) is 2.12. The molecule has 6 heteroatoms. The molecule has 3 nitrogen and oxygen atoms in total. The molecule has 0 unspecified atom stereocenters. The molecular weight excluding hydrogens is 290 g/mol. The van der Waals surface area contributed by atoms with Gasteiger partial charge in [-0.05, 0) is 19.1 Å². The number of halogens is 3. The number of piperazine rings is 1. The van der Waals surface area contributed by atoms with Crippen LogP contribution in [0.4, 0.5) is 4.39 Å². The molecule has 1 amide bonds. The van der Waals surface area contributed by atoms with E-state index in [9.17, 15) is 9.18 Å². The lowest BCUT2D eigenvalue weighted by atomic mass is 10.1. The summed E-state index contributed by atoms with van der Waals surface area (Å²) < 4.78 is 13.6. The molecule has 19 heavy (non-hydrogen) atoms. The monoisotopic (exact) mass is 306 g/mol. The minimum absolute atomic E-state index is 0. The first-order valence-electron chi connectivity index (χ1n) is 6.02. The zero-order chi connectivity index (χ0) is 13.1. The molecule has 106 valence electrons. The summed E-state index contributed by atoms with van der Waals surface area (Å²) in [5.41, 5.74) is 0.287. The average Bonchev–Trinajstić information content (AvgIpc) is 2.34. The first-order valence-corrected chi connectivity index (χ1v) is 6.40. The van der Waals surface area contributed by atoms with Gasteiger partial charge in [0.25, 0.3) is 0 Å². The number of hydrogen-bond acceptors (Lipinski definition) is 2. The average molecular weight is 307 g/mol. The lowest BCUT2D eigenvalue weighted by molar-refractivity contribution is -0.131. The molecule has 0 spiro atoms. The molecule has 1 N–H and O–H groups in total. The predicted octanol–water partition coefficient (Wildman–Crippen LogP) is 2.26. The van der Waals surface area contributed by atoms with Crippen molar-refractivity contribution in [2.45, 2.75) is 19.4 Å². The second kappa shape index (κ2) is 7.08. The predicted molar refractivity (Wildman–Crippen MR) is 76.4 cm³/mol. The number of carbonyl (C=O) groups excluding carboxylic acids is 1. The zero-order valence-electron chi connectivity index (χ0n) is 10.7. The normalized spacial score (nSPS) is 18.9. The molecule has 1 aromatic rings. The van der Waals surface area contributed by atoms with Gasteiger partial charge in [0.15, 0.2) is 0 Å². The highest BCUT2D eigenvalue weighted by Crippen LogP contribution is 2.20. The summed E-state index contributed by atoms with van der Waals surface area (Å²) in [6.07, 6.45) is 0.0260. The number of nitrogens with one attached hydrogen (secondary N) is 1. The van der Waals surface area contributed by atoms with Crippen molar-refractivity contribution in [1.82, 2.24) is 10.2 Å². The maximum atomic E-state index is 13.6. The highest BCUT2D eigenvalue weighted by atomic mass is 35.5. The SMILES string of the molecule is C[C@@H]1CN(C(=O)Cc2c(F)cccc2Cl)CCN1.Cl. The summed E-state index contributed by atoms with van der Waals surface area (Å²) >= 11 is 5.92. The molecule has 0 aromatic heterocycles. The Morgan fingerprint density at radius 1 is 1.58 bits per heavy atom. The molecule has 0 saturated carbocycles. The van der Waals surface area contributed by atoms with Gasteiger partial charge in [-0.2, -0.15) is 0 Å². The van der Waals surface area contributed by atoms with Gasteiger partial charge in [-0.15, -0.1) is 12.4 Å². The van der Waals surface area contributed by atoms with Gasteiger partial charge in [0.05, 0.1) is 6.42 Å². The van der Waals surface area contributed by atoms with Crippen molar-refractivity contribution in [2.24, 2.45) is 0 Å². The Morgan fingerprint density at radius 2 is 2.32 bits per heavy atom. The van der Waals surface area contributed by atoms with Crippen molar-refractivity contribution in [1.29, 1.82) is 0 Å². The van der Waals surface area contributed by atoms with Gasteiger partial charge in [-0.1, -0.05) is 17.7 Å². The van der Waals surface area contributed by atoms with E-state index >= 15 is 0 Å². The summed E-state index contributed by atoms with van der Waals surface area (Å²) in [6, 6.07) is 4.75. The van der Waals surface area contributed by atoms with E-state index in [0.717, 1.165) is 6.54 Å². The van der Waals surface area contributed by atoms with Gasteiger partial charge in [-0.3, -0.25) is 4.79 Å². The number of benzene rings is 1. The quantitative estimate of drug-likeness (QED) is 0.909. The number of hydrogen-bond donors (Lipinski definition) is 1. The molecule has 1 heterocycles. The Hall–Kier alpha value is -0.840. The van der Waals surface area contributed by atoms with Crippen LogP contribution in [-0.4, -0.2) is 36.5 Å². The number of rotatable bonds is 2. The van der Waals surface area contributed by atoms with Gasteiger partial charge in [0, 0.05) is 36.3 Å². The molecule has 0 radical (unpaired) electrons. The van der Waals surface area contributed by atoms with Crippen LogP contribution in [-0.2, 0) is 11.2 Å². The maximum Gasteiger partial charge on any atom is 0.227 e. The minimum atomic E-state index is -0.418. The molecule has 1 aromatic carbocycles. The molecule has 0 aliphatic carbocycles. The third-order valence-electron chi connectivity index (χ3n) is 3.11. The second-order valence-corrected chi connectivity index (χ2v) is 4.98. The summed E-state index contributed by atoms with van der Waals surface area (Å²) in [5.74, 6) is -0.491. The number of carbonyl (C=O) groups is 1. The van der Waals surface area contributed by atoms with Crippen LogP contribution in [0.3, 0.4) is 0 Å². The standard InChI is InChI=1S/C13H16ClFN2O.ClH/c1-9-8-17(6-5-16-9)13(18)7-10-11(14)3-2-4-12(10)15;/h2-4,9,16H,5-8H2,1H3;1H/t9-;/m1./s1. The van der Waals surface area contributed by atoms with Crippen LogP contribution in [0.25, 0.3) is 0 Å². The molecule has 1 fully saturated rings. The molecular formula is C13H17Cl2FN2O. The number of amides is 1. The van der Waals surface area contributed by atoms with E-state index in [0.29, 0.717) is 18.1 Å². The maximum absolute atomic E-state index is 13.6. The van der Waals surface area contributed by atoms with Gasteiger partial charge in [0.1, 0.15) is 5.82 Å². The lowest BCUT2D eigenvalue weighted by Gasteiger charge is -2.32. The molecule has 1 saturated heterocycles. The van der Waals surface area contributed by atoms with Crippen molar-refractivity contribution in [2.75, 3.05) is 19.6 Å². The van der Waals surface area contributed by atoms with Crippen LogP contribution in [0.2, 0.25) is 5.02 Å². The molecule has 1 aliphatic rings. The van der Waals surface area contributed by atoms with E-state index in [4.69, 9.17) is 11.6 Å². The van der Waals surface area contributed by atoms with Gasteiger partial charge < -0.3 is 10.2 Å². The topological polar surface area (TPSA) is 32.3 Å². The smallest absolute Gasteiger partial charge is 0.227 e. The first-order chi connectivity index (χ1) is 8.58. The van der Waals surface area contributed by atoms with Crippen LogP contribution in [0.1, 0.15) is 12.5 Å². The highest BCUT2D eigenvalue weighted by molar-refractivity contribution is 6.31. The summed E-state index contributed by atoms with van der Waals surface area (Å²) in [5, 5.41) is 3.57. The Labute approximate surface area is 123 Å². The Balaban J connectivity index is 0.00000180. The number of nitrogens with zero attached hydrogens (tertiary/aromatic N) is 1. The third-order valence-corrected chi connectivity index (χ3v) is 3.47. The van der Waals surface area contributed by atoms with Crippen LogP contribution in [0.5, 0.6) is 0 Å². The summed E-state index contributed by atoms with van der Waals surface area (Å²) in [7, 11) is 0. The van der Waals surface area contributed by atoms with Crippen LogP contribution in [0, 0.1) is 5.82 Å². The fraction of sp³-hybridized carbons (Fsp3) is 0.462. The third kappa shape index (κ3) is 4.06. The van der Waals surface area contributed by atoms with Crippen molar-refractivity contribution >= 4 is 29.9 Å². The van der Waals surface area contributed by atoms with Gasteiger partial charge in [-0.25, -0.2) is 4.39 Å². The zero-order valence-corrected chi connectivity index (χ0v) is 12.2. The minimum Gasteiger partial charge on any atom is -0.340 e. The summed E-state index contributed by atoms with van der Waals surface area (Å²) in [4.78, 5) is 13.8. The molecule has 2 rings (SSSR count). The molecule has 0 bridgehead atoms. The fourth-order valence-corrected chi connectivity index (χ4v) is 2.35. The lowest BCUT2D eigenvalue weighted by Crippen LogP contribution is -2.51. The summed E-state index contributed by atoms with van der Waals surface area (Å²) in [6.45, 7) is 4.12. The molecule has 1 atom stereocenters. The van der Waals surface area contributed by atoms with E-state index in [2.05, 4.69) is 5.32 Å². The molecule has 1 aliphatic heterocycles. The van der Waals surface area contributed by atoms with Crippen molar-refractivity contribution in [3.8, 4) is 0 Å². The van der Waals surface area contributed by atoms with Gasteiger partial charge in [0.2, 0.25) is 5.91 Å². The van der Waals surface area contributed by atoms with Crippen molar-refractivity contribution < 1.29 is 9.18 Å². The van der Waals surface area contributed by atoms with Crippen molar-refractivity contribution in [3.05, 3.63) is 34.6 Å². The van der Waals surface area contributed by atoms with E-state index in [-0.39, 0.29) is 36.3 Å². The second-order valence-electron chi connectivity index (χ2n) is 4.57. The first kappa shape index (κ1) is 16.2. The van der Waals surface area contributed by atoms with Gasteiger partial charge >= 0.3 is 0 Å². The van der Waals surface area contributed by atoms with Crippen LogP contribution >= 0.6 is 24.0 Å². The Bertz CT molecular complexity index is 436. The van der Waals surface area contributed by atoms with E-state index < -0.39 is 5.82 Å². The largest absolute Gasteiger partial charge is 0.340 e. The highest BCUT2D eigenvalue weighted by Gasteiger charge is 2.22. The van der Waals surface area contributed by atoms with E-state index in [1.165, 1.54) is 6.07 Å². The Kier molecular flexibility index (Phi) is 6.04. The van der Waals surface area contributed by atoms with Crippen LogP contribution in [0.15, 0.2) is 18.2 Å². The Morgan fingerprint density at radius 3 is 2.95 bits per heavy atom.